The number of nitrogens with one attached hydrogen (secondary N) is 1. The number of benzene rings is 3. The summed E-state index contributed by atoms with van der Waals surface area (Å²) in [4.78, 5) is 12.4. The third-order valence-electron chi connectivity index (χ3n) is 4.24. The predicted octanol–water partition coefficient (Wildman–Crippen LogP) is 5.02. The maximum atomic E-state index is 12.4. The summed E-state index contributed by atoms with van der Waals surface area (Å²) in [5.41, 5.74) is 2.06. The molecule has 0 saturated heterocycles. The Morgan fingerprint density at radius 1 is 1.00 bits per heavy atom. The van der Waals surface area contributed by atoms with Crippen molar-refractivity contribution in [3.05, 3.63) is 83.9 Å². The fourth-order valence-electron chi connectivity index (χ4n) is 2.88. The molecule has 2 N–H and O–H groups in total. The van der Waals surface area contributed by atoms with Crippen LogP contribution in [0.4, 0.5) is 5.69 Å². The van der Waals surface area contributed by atoms with Crippen LogP contribution >= 0.6 is 23.4 Å². The first-order valence-electron chi connectivity index (χ1n) is 9.09. The summed E-state index contributed by atoms with van der Waals surface area (Å²) < 4.78 is 1.87. The van der Waals surface area contributed by atoms with Crippen LogP contribution in [-0.4, -0.2) is 31.5 Å². The van der Waals surface area contributed by atoms with Crippen LogP contribution in [0.25, 0.3) is 17.1 Å². The third-order valence-corrected chi connectivity index (χ3v) is 5.41. The van der Waals surface area contributed by atoms with Gasteiger partial charge in [0.15, 0.2) is 11.0 Å². The van der Waals surface area contributed by atoms with Gasteiger partial charge in [0.2, 0.25) is 5.91 Å². The summed E-state index contributed by atoms with van der Waals surface area (Å²) in [5, 5.41) is 22.3. The smallest absolute Gasteiger partial charge is 0.234 e. The first kappa shape index (κ1) is 20.0. The standard InChI is InChI=1S/C22H17ClN4O2S/c23-16-9-6-10-17(13-16)27-21(15-7-2-1-3-8-15)25-26-22(27)30-14-20(29)24-18-11-4-5-12-19(18)28/h1-13,28H,14H2,(H,24,29). The summed E-state index contributed by atoms with van der Waals surface area (Å²) in [6.45, 7) is 0. The molecule has 6 nitrogen and oxygen atoms in total. The predicted molar refractivity (Wildman–Crippen MR) is 119 cm³/mol. The molecule has 0 atom stereocenters. The zero-order chi connectivity index (χ0) is 20.9. The average Bonchev–Trinajstić information content (AvgIpc) is 3.18. The highest BCUT2D eigenvalue weighted by molar-refractivity contribution is 7.99. The molecule has 3 aromatic carbocycles. The Morgan fingerprint density at radius 2 is 1.77 bits per heavy atom. The van der Waals surface area contributed by atoms with Crippen LogP contribution in [0.1, 0.15) is 0 Å². The number of phenols is 1. The van der Waals surface area contributed by atoms with E-state index in [4.69, 9.17) is 11.6 Å². The number of halogens is 1. The fourth-order valence-corrected chi connectivity index (χ4v) is 3.82. The molecular formula is C22H17ClN4O2S. The van der Waals surface area contributed by atoms with E-state index in [0.29, 0.717) is 21.7 Å². The van der Waals surface area contributed by atoms with Crippen LogP contribution in [-0.2, 0) is 4.79 Å². The van der Waals surface area contributed by atoms with Gasteiger partial charge in [0.25, 0.3) is 0 Å². The molecule has 30 heavy (non-hydrogen) atoms. The Kier molecular flexibility index (Phi) is 6.02. The second kappa shape index (κ2) is 9.02. The topological polar surface area (TPSA) is 80.0 Å². The number of para-hydroxylation sites is 2. The summed E-state index contributed by atoms with van der Waals surface area (Å²) in [6.07, 6.45) is 0. The zero-order valence-electron chi connectivity index (χ0n) is 15.7. The van der Waals surface area contributed by atoms with Gasteiger partial charge in [-0.3, -0.25) is 9.36 Å². The number of thioether (sulfide) groups is 1. The first-order chi connectivity index (χ1) is 14.6. The van der Waals surface area contributed by atoms with Crippen LogP contribution in [0.3, 0.4) is 0 Å². The van der Waals surface area contributed by atoms with E-state index in [1.165, 1.54) is 17.8 Å². The Morgan fingerprint density at radius 3 is 2.53 bits per heavy atom. The maximum absolute atomic E-state index is 12.4. The number of phenolic OH excluding ortho intramolecular Hbond substituents is 1. The number of hydrogen-bond acceptors (Lipinski definition) is 5. The van der Waals surface area contributed by atoms with Crippen LogP contribution in [0.15, 0.2) is 84.0 Å². The first-order valence-corrected chi connectivity index (χ1v) is 10.5. The van der Waals surface area contributed by atoms with Crippen LogP contribution in [0.2, 0.25) is 5.02 Å². The van der Waals surface area contributed by atoms with Crippen molar-refractivity contribution in [2.75, 3.05) is 11.1 Å². The van der Waals surface area contributed by atoms with Gasteiger partial charge in [-0.15, -0.1) is 10.2 Å². The number of anilines is 1. The van der Waals surface area contributed by atoms with E-state index in [1.54, 1.807) is 24.3 Å². The van der Waals surface area contributed by atoms with Crippen LogP contribution in [0.5, 0.6) is 5.75 Å². The van der Waals surface area contributed by atoms with Crippen molar-refractivity contribution in [1.82, 2.24) is 14.8 Å². The molecule has 0 aliphatic heterocycles. The van der Waals surface area contributed by atoms with Crippen molar-refractivity contribution in [3.63, 3.8) is 0 Å². The van der Waals surface area contributed by atoms with E-state index < -0.39 is 0 Å². The minimum Gasteiger partial charge on any atom is -0.506 e. The normalized spacial score (nSPS) is 10.7. The van der Waals surface area contributed by atoms with Gasteiger partial charge in [-0.25, -0.2) is 0 Å². The number of amides is 1. The highest BCUT2D eigenvalue weighted by Gasteiger charge is 2.17. The lowest BCUT2D eigenvalue weighted by atomic mass is 10.2. The van der Waals surface area contributed by atoms with E-state index in [1.807, 2.05) is 53.1 Å². The number of hydrogen-bond donors (Lipinski definition) is 2. The van der Waals surface area contributed by atoms with Crippen molar-refractivity contribution in [2.24, 2.45) is 0 Å². The van der Waals surface area contributed by atoms with Gasteiger partial charge >= 0.3 is 0 Å². The van der Waals surface area contributed by atoms with Crippen LogP contribution < -0.4 is 5.32 Å². The van der Waals surface area contributed by atoms with E-state index >= 15 is 0 Å². The van der Waals surface area contributed by atoms with Crippen molar-refractivity contribution in [2.45, 2.75) is 5.16 Å². The monoisotopic (exact) mass is 436 g/mol. The van der Waals surface area contributed by atoms with Gasteiger partial charge in [0.1, 0.15) is 5.75 Å². The molecule has 1 aromatic heterocycles. The number of aromatic hydroxyl groups is 1. The minimum absolute atomic E-state index is 0.0179. The molecular weight excluding hydrogens is 420 g/mol. The second-order valence-electron chi connectivity index (χ2n) is 6.34. The van der Waals surface area contributed by atoms with Crippen molar-refractivity contribution in [1.29, 1.82) is 0 Å². The van der Waals surface area contributed by atoms with Crippen molar-refractivity contribution < 1.29 is 9.90 Å². The Labute approximate surface area is 182 Å². The molecule has 0 saturated carbocycles. The lowest BCUT2D eigenvalue weighted by molar-refractivity contribution is -0.113. The largest absolute Gasteiger partial charge is 0.506 e. The number of nitrogens with zero attached hydrogens (tertiary/aromatic N) is 3. The second-order valence-corrected chi connectivity index (χ2v) is 7.72. The van der Waals surface area contributed by atoms with E-state index in [-0.39, 0.29) is 17.4 Å². The molecule has 0 aliphatic carbocycles. The maximum Gasteiger partial charge on any atom is 0.234 e. The fraction of sp³-hybridized carbons (Fsp3) is 0.0455. The number of aromatic nitrogens is 3. The minimum atomic E-state index is -0.261. The van der Waals surface area contributed by atoms with Crippen LogP contribution in [0, 0.1) is 0 Å². The summed E-state index contributed by atoms with van der Waals surface area (Å²) in [6, 6.07) is 23.7. The van der Waals surface area contributed by atoms with Gasteiger partial charge in [0.05, 0.1) is 17.1 Å². The number of rotatable bonds is 6. The molecule has 4 aromatic rings. The summed E-state index contributed by atoms with van der Waals surface area (Å²) in [5.74, 6) is 0.510. The van der Waals surface area contributed by atoms with Crippen molar-refractivity contribution in [3.8, 4) is 22.8 Å². The highest BCUT2D eigenvalue weighted by Crippen LogP contribution is 2.29. The van der Waals surface area contributed by atoms with Gasteiger partial charge in [-0.05, 0) is 30.3 Å². The molecule has 0 radical (unpaired) electrons. The van der Waals surface area contributed by atoms with Gasteiger partial charge in [-0.1, -0.05) is 71.9 Å². The lowest BCUT2D eigenvalue weighted by Crippen LogP contribution is -2.14. The summed E-state index contributed by atoms with van der Waals surface area (Å²) >= 11 is 7.45. The Hall–Kier alpha value is -3.29. The van der Waals surface area contributed by atoms with E-state index in [2.05, 4.69) is 15.5 Å². The van der Waals surface area contributed by atoms with Crippen molar-refractivity contribution >= 4 is 35.0 Å². The molecule has 0 unspecified atom stereocenters. The molecule has 1 heterocycles. The molecule has 0 spiro atoms. The molecule has 0 aliphatic rings. The van der Waals surface area contributed by atoms with Gasteiger partial charge < -0.3 is 10.4 Å². The number of carbonyl (C=O) groups is 1. The van der Waals surface area contributed by atoms with Gasteiger partial charge in [-0.2, -0.15) is 0 Å². The van der Waals surface area contributed by atoms with E-state index in [0.717, 1.165) is 11.3 Å². The highest BCUT2D eigenvalue weighted by atomic mass is 35.5. The molecule has 8 heteroatoms. The zero-order valence-corrected chi connectivity index (χ0v) is 17.3. The Balaban J connectivity index is 1.61. The molecule has 4 rings (SSSR count). The Bertz CT molecular complexity index is 1180. The number of carbonyl (C=O) groups excluding carboxylic acids is 1. The lowest BCUT2D eigenvalue weighted by Gasteiger charge is -2.11. The third kappa shape index (κ3) is 4.48. The SMILES string of the molecule is O=C(CSc1nnc(-c2ccccc2)n1-c1cccc(Cl)c1)Nc1ccccc1O. The molecule has 1 amide bonds. The quantitative estimate of drug-likeness (QED) is 0.327. The average molecular weight is 437 g/mol. The molecule has 150 valence electrons. The summed E-state index contributed by atoms with van der Waals surface area (Å²) in [7, 11) is 0. The van der Waals surface area contributed by atoms with Gasteiger partial charge in [0, 0.05) is 10.6 Å². The molecule has 0 bridgehead atoms. The molecule has 0 fully saturated rings. The van der Waals surface area contributed by atoms with E-state index in [9.17, 15) is 9.90 Å².